The van der Waals surface area contributed by atoms with Crippen molar-refractivity contribution < 1.29 is 9.53 Å². The summed E-state index contributed by atoms with van der Waals surface area (Å²) in [6, 6.07) is 10.5. The Labute approximate surface area is 161 Å². The Morgan fingerprint density at radius 3 is 3.00 bits per heavy atom. The fourth-order valence-corrected chi connectivity index (χ4v) is 3.60. The van der Waals surface area contributed by atoms with Crippen molar-refractivity contribution >= 4 is 22.8 Å². The summed E-state index contributed by atoms with van der Waals surface area (Å²) in [6.07, 6.45) is 2.73. The van der Waals surface area contributed by atoms with Gasteiger partial charge >= 0.3 is 5.97 Å². The number of para-hydroxylation sites is 1. The van der Waals surface area contributed by atoms with Gasteiger partial charge in [-0.25, -0.2) is 0 Å². The highest BCUT2D eigenvalue weighted by Gasteiger charge is 2.28. The summed E-state index contributed by atoms with van der Waals surface area (Å²) in [7, 11) is 0. The zero-order chi connectivity index (χ0) is 19.1. The Morgan fingerprint density at radius 1 is 1.37 bits per heavy atom. The molecule has 3 rings (SSSR count). The molecule has 1 fully saturated rings. The molecule has 0 amide bonds. The summed E-state index contributed by atoms with van der Waals surface area (Å²) in [5.41, 5.74) is 2.36. The monoisotopic (exact) mass is 370 g/mol. The number of esters is 1. The number of likely N-dealkylation sites (tertiary alicyclic amines) is 1. The minimum absolute atomic E-state index is 0.0590. The third-order valence-electron chi connectivity index (χ3n) is 4.90. The predicted molar refractivity (Wildman–Crippen MR) is 109 cm³/mol. The van der Waals surface area contributed by atoms with Crippen LogP contribution >= 0.6 is 0 Å². The molecule has 0 unspecified atom stereocenters. The van der Waals surface area contributed by atoms with E-state index in [-0.39, 0.29) is 11.9 Å². The number of carbonyl (C=O) groups is 1. The molecule has 1 saturated heterocycles. The molecule has 2 aromatic rings. The summed E-state index contributed by atoms with van der Waals surface area (Å²) in [6.45, 7) is 7.48. The number of carbonyl (C=O) groups excluding carboxylic acids is 1. The summed E-state index contributed by atoms with van der Waals surface area (Å²) >= 11 is 0. The van der Waals surface area contributed by atoms with Crippen molar-refractivity contribution in [2.24, 2.45) is 10.9 Å². The largest absolute Gasteiger partial charge is 0.466 e. The third kappa shape index (κ3) is 5.02. The molecule has 2 heterocycles. The maximum absolute atomic E-state index is 12.1. The van der Waals surface area contributed by atoms with Gasteiger partial charge in [-0.3, -0.25) is 9.79 Å². The highest BCUT2D eigenvalue weighted by atomic mass is 16.5. The van der Waals surface area contributed by atoms with E-state index < -0.39 is 0 Å². The first-order valence-electron chi connectivity index (χ1n) is 9.97. The zero-order valence-electron chi connectivity index (χ0n) is 16.3. The van der Waals surface area contributed by atoms with Crippen LogP contribution in [0.2, 0.25) is 0 Å². The summed E-state index contributed by atoms with van der Waals surface area (Å²) in [5, 5.41) is 4.60. The molecular formula is C21H30N4O2. The Balaban J connectivity index is 1.62. The second-order valence-electron chi connectivity index (χ2n) is 6.90. The maximum atomic E-state index is 12.1. The minimum Gasteiger partial charge on any atom is -0.466 e. The van der Waals surface area contributed by atoms with Gasteiger partial charge < -0.3 is 19.9 Å². The van der Waals surface area contributed by atoms with E-state index in [1.807, 2.05) is 13.0 Å². The number of ether oxygens (including phenoxy) is 1. The number of hydrogen-bond acceptors (Lipinski definition) is 3. The van der Waals surface area contributed by atoms with E-state index in [2.05, 4.69) is 46.4 Å². The highest BCUT2D eigenvalue weighted by Crippen LogP contribution is 2.18. The lowest BCUT2D eigenvalue weighted by Crippen LogP contribution is -2.48. The van der Waals surface area contributed by atoms with Crippen LogP contribution in [0.5, 0.6) is 0 Å². The van der Waals surface area contributed by atoms with Crippen LogP contribution in [0.15, 0.2) is 35.3 Å². The van der Waals surface area contributed by atoms with E-state index in [4.69, 9.17) is 9.73 Å². The Bertz CT molecular complexity index is 750. The lowest BCUT2D eigenvalue weighted by atomic mass is 9.98. The number of nitrogens with zero attached hydrogens (tertiary/aromatic N) is 2. The van der Waals surface area contributed by atoms with Crippen LogP contribution < -0.4 is 5.32 Å². The lowest BCUT2D eigenvalue weighted by Gasteiger charge is -2.34. The van der Waals surface area contributed by atoms with Gasteiger partial charge in [-0.2, -0.15) is 0 Å². The molecule has 146 valence electrons. The van der Waals surface area contributed by atoms with Gasteiger partial charge in [-0.15, -0.1) is 0 Å². The summed E-state index contributed by atoms with van der Waals surface area (Å²) in [5.74, 6) is 0.745. The molecule has 1 aromatic heterocycles. The molecule has 0 saturated carbocycles. The van der Waals surface area contributed by atoms with Crippen LogP contribution in [-0.4, -0.2) is 54.6 Å². The molecule has 1 aromatic carbocycles. The van der Waals surface area contributed by atoms with Crippen molar-refractivity contribution in [2.45, 2.75) is 33.1 Å². The second kappa shape index (κ2) is 9.44. The molecule has 6 heteroatoms. The van der Waals surface area contributed by atoms with E-state index in [1.165, 1.54) is 11.1 Å². The van der Waals surface area contributed by atoms with Gasteiger partial charge in [0, 0.05) is 43.8 Å². The Morgan fingerprint density at radius 2 is 2.22 bits per heavy atom. The molecule has 1 atom stereocenters. The number of rotatable bonds is 6. The molecule has 0 radical (unpaired) electrons. The number of aromatic amines is 1. The van der Waals surface area contributed by atoms with Gasteiger partial charge in [0.2, 0.25) is 0 Å². The number of nitrogens with one attached hydrogen (secondary N) is 2. The van der Waals surface area contributed by atoms with Crippen molar-refractivity contribution in [3.05, 3.63) is 36.0 Å². The van der Waals surface area contributed by atoms with E-state index in [1.54, 1.807) is 0 Å². The van der Waals surface area contributed by atoms with E-state index in [0.29, 0.717) is 19.7 Å². The van der Waals surface area contributed by atoms with Crippen LogP contribution in [-0.2, 0) is 16.0 Å². The van der Waals surface area contributed by atoms with Crippen LogP contribution in [0, 0.1) is 5.92 Å². The van der Waals surface area contributed by atoms with Crippen LogP contribution in [0.1, 0.15) is 32.4 Å². The van der Waals surface area contributed by atoms with Gasteiger partial charge in [-0.05, 0) is 44.2 Å². The van der Waals surface area contributed by atoms with Gasteiger partial charge in [0.05, 0.1) is 12.5 Å². The molecule has 1 aliphatic rings. The van der Waals surface area contributed by atoms with Gasteiger partial charge in [-0.1, -0.05) is 18.2 Å². The number of H-pyrrole nitrogens is 1. The lowest BCUT2D eigenvalue weighted by molar-refractivity contribution is -0.149. The minimum atomic E-state index is -0.0869. The summed E-state index contributed by atoms with van der Waals surface area (Å²) in [4.78, 5) is 22.5. The standard InChI is InChI=1S/C21H30N4O2/c1-3-22-21(25-13-7-9-17(15-25)20(26)27-4-2)23-12-11-18-14-16-8-5-6-10-19(16)24-18/h5-6,8,10,14,17,24H,3-4,7,9,11-13,15H2,1-2H3,(H,22,23)/t17-/m1/s1. The number of piperidine rings is 1. The predicted octanol–water partition coefficient (Wildman–Crippen LogP) is 2.95. The fraction of sp³-hybridized carbons (Fsp3) is 0.524. The van der Waals surface area contributed by atoms with E-state index in [9.17, 15) is 4.79 Å². The number of aliphatic imine (C=N–C) groups is 1. The number of hydrogen-bond donors (Lipinski definition) is 2. The van der Waals surface area contributed by atoms with Crippen molar-refractivity contribution in [2.75, 3.05) is 32.8 Å². The highest BCUT2D eigenvalue weighted by molar-refractivity contribution is 5.82. The first kappa shape index (κ1) is 19.3. The number of guanidine groups is 1. The maximum Gasteiger partial charge on any atom is 0.310 e. The number of aromatic nitrogens is 1. The van der Waals surface area contributed by atoms with E-state index in [0.717, 1.165) is 43.8 Å². The van der Waals surface area contributed by atoms with Crippen molar-refractivity contribution in [1.82, 2.24) is 15.2 Å². The zero-order valence-corrected chi connectivity index (χ0v) is 16.3. The molecular weight excluding hydrogens is 340 g/mol. The Hall–Kier alpha value is -2.50. The van der Waals surface area contributed by atoms with Gasteiger partial charge in [0.1, 0.15) is 0 Å². The molecule has 27 heavy (non-hydrogen) atoms. The van der Waals surface area contributed by atoms with Gasteiger partial charge in [0.25, 0.3) is 0 Å². The quantitative estimate of drug-likeness (QED) is 0.466. The third-order valence-corrected chi connectivity index (χ3v) is 4.90. The molecule has 0 spiro atoms. The van der Waals surface area contributed by atoms with Gasteiger partial charge in [0.15, 0.2) is 5.96 Å². The second-order valence-corrected chi connectivity index (χ2v) is 6.90. The van der Waals surface area contributed by atoms with Crippen LogP contribution in [0.4, 0.5) is 0 Å². The topological polar surface area (TPSA) is 69.7 Å². The molecule has 6 nitrogen and oxygen atoms in total. The smallest absolute Gasteiger partial charge is 0.310 e. The summed E-state index contributed by atoms with van der Waals surface area (Å²) < 4.78 is 5.21. The first-order valence-corrected chi connectivity index (χ1v) is 9.97. The normalized spacial score (nSPS) is 17.9. The van der Waals surface area contributed by atoms with Crippen molar-refractivity contribution in [3.8, 4) is 0 Å². The van der Waals surface area contributed by atoms with Crippen molar-refractivity contribution in [1.29, 1.82) is 0 Å². The average molecular weight is 370 g/mol. The van der Waals surface area contributed by atoms with E-state index >= 15 is 0 Å². The number of benzene rings is 1. The van der Waals surface area contributed by atoms with Crippen molar-refractivity contribution in [3.63, 3.8) is 0 Å². The van der Waals surface area contributed by atoms with Crippen LogP contribution in [0.25, 0.3) is 10.9 Å². The molecule has 1 aliphatic heterocycles. The fourth-order valence-electron chi connectivity index (χ4n) is 3.60. The number of fused-ring (bicyclic) bond motifs is 1. The molecule has 0 aliphatic carbocycles. The Kier molecular flexibility index (Phi) is 6.74. The molecule has 2 N–H and O–H groups in total. The average Bonchev–Trinajstić information content (AvgIpc) is 3.10. The molecule has 0 bridgehead atoms. The first-order chi connectivity index (χ1) is 13.2. The SMILES string of the molecule is CCNC(=NCCc1cc2ccccc2[nH]1)N1CCC[C@@H](C(=O)OCC)C1. The van der Waals surface area contributed by atoms with Crippen LogP contribution in [0.3, 0.4) is 0 Å².